The number of hydrogen-bond acceptors (Lipinski definition) is 6. The Bertz CT molecular complexity index is 791. The van der Waals surface area contributed by atoms with Crippen LogP contribution >= 0.6 is 23.4 Å². The zero-order valence-electron chi connectivity index (χ0n) is 17.3. The normalized spacial score (nSPS) is 27.4. The Balaban J connectivity index is 1.76. The molecule has 0 spiro atoms. The van der Waals surface area contributed by atoms with Crippen molar-refractivity contribution in [3.05, 3.63) is 66.2 Å². The molecule has 0 amide bonds. The molecule has 1 heterocycles. The van der Waals surface area contributed by atoms with E-state index in [0.29, 0.717) is 6.61 Å². The van der Waals surface area contributed by atoms with Crippen LogP contribution in [0.15, 0.2) is 65.6 Å². The zero-order chi connectivity index (χ0) is 21.5. The largest absolute Gasteiger partial charge is 0.459 e. The van der Waals surface area contributed by atoms with Crippen LogP contribution in [0.5, 0.6) is 0 Å². The molecule has 1 aliphatic rings. The Morgan fingerprint density at radius 3 is 2.33 bits per heavy atom. The van der Waals surface area contributed by atoms with Gasteiger partial charge in [0.25, 0.3) is 0 Å². The van der Waals surface area contributed by atoms with E-state index in [1.807, 2.05) is 67.6 Å². The first kappa shape index (κ1) is 23.1. The number of benzene rings is 2. The van der Waals surface area contributed by atoms with Crippen molar-refractivity contribution in [2.75, 3.05) is 7.11 Å². The molecular weight excluding hydrogens is 424 g/mol. The summed E-state index contributed by atoms with van der Waals surface area (Å²) in [5.41, 5.74) is 1.04. The van der Waals surface area contributed by atoms with Crippen molar-refractivity contribution in [2.45, 2.75) is 54.7 Å². The molecule has 7 heteroatoms. The second-order valence-corrected chi connectivity index (χ2v) is 9.13. The highest BCUT2D eigenvalue weighted by molar-refractivity contribution is 8.01. The zero-order valence-corrected chi connectivity index (χ0v) is 18.8. The molecule has 0 radical (unpaired) electrons. The smallest absolute Gasteiger partial charge is 0.303 e. The molecule has 1 saturated heterocycles. The molecule has 3 rings (SSSR count). The number of carbonyl (C=O) groups is 1. The Morgan fingerprint density at radius 2 is 1.73 bits per heavy atom. The monoisotopic (exact) mass is 450 g/mol. The van der Waals surface area contributed by atoms with Crippen LogP contribution in [-0.4, -0.2) is 42.4 Å². The molecular formula is C23H27ClO5S. The van der Waals surface area contributed by atoms with Crippen LogP contribution < -0.4 is 0 Å². The lowest BCUT2D eigenvalue weighted by Crippen LogP contribution is -2.58. The Labute approximate surface area is 187 Å². The standard InChI is InChI=1S/C23H27ClO5S/c1-15-19(28-16(2)25)21(22(24)30-18-12-8-5-9-13-18)29-23(26-3)20(15)27-14-17-10-6-4-7-11-17/h4-13,15,19-23H,14H2,1-3H3/t15-,19+,20+,21-,22?,23-/m0/s1. The molecule has 0 bridgehead atoms. The fourth-order valence-electron chi connectivity index (χ4n) is 3.50. The van der Waals surface area contributed by atoms with Gasteiger partial charge in [-0.1, -0.05) is 55.5 Å². The number of rotatable bonds is 8. The van der Waals surface area contributed by atoms with Crippen molar-refractivity contribution in [2.24, 2.45) is 5.92 Å². The van der Waals surface area contributed by atoms with Crippen molar-refractivity contribution >= 4 is 29.3 Å². The van der Waals surface area contributed by atoms with E-state index in [9.17, 15) is 4.79 Å². The summed E-state index contributed by atoms with van der Waals surface area (Å²) < 4.78 is 23.1. The number of esters is 1. The van der Waals surface area contributed by atoms with Gasteiger partial charge in [0.1, 0.15) is 23.0 Å². The topological polar surface area (TPSA) is 54.0 Å². The third-order valence-electron chi connectivity index (χ3n) is 4.99. The van der Waals surface area contributed by atoms with E-state index in [4.69, 9.17) is 30.5 Å². The van der Waals surface area contributed by atoms with E-state index in [1.165, 1.54) is 18.7 Å². The number of alkyl halides is 1. The van der Waals surface area contributed by atoms with Crippen LogP contribution in [0.4, 0.5) is 0 Å². The van der Waals surface area contributed by atoms with Gasteiger partial charge >= 0.3 is 5.97 Å². The maximum absolute atomic E-state index is 11.8. The first-order valence-corrected chi connectivity index (χ1v) is 11.2. The van der Waals surface area contributed by atoms with E-state index in [1.54, 1.807) is 7.11 Å². The van der Waals surface area contributed by atoms with Gasteiger partial charge in [0.15, 0.2) is 6.29 Å². The minimum Gasteiger partial charge on any atom is -0.459 e. The molecule has 0 aliphatic carbocycles. The van der Waals surface area contributed by atoms with E-state index in [2.05, 4.69) is 0 Å². The number of thioether (sulfide) groups is 1. The van der Waals surface area contributed by atoms with Crippen molar-refractivity contribution in [1.29, 1.82) is 0 Å². The molecule has 5 nitrogen and oxygen atoms in total. The average Bonchev–Trinajstić information content (AvgIpc) is 2.75. The van der Waals surface area contributed by atoms with E-state index in [0.717, 1.165) is 10.5 Å². The van der Waals surface area contributed by atoms with Crippen LogP contribution in [0.2, 0.25) is 0 Å². The Morgan fingerprint density at radius 1 is 1.10 bits per heavy atom. The van der Waals surface area contributed by atoms with Crippen LogP contribution in [0.3, 0.4) is 0 Å². The summed E-state index contributed by atoms with van der Waals surface area (Å²) in [5, 5.41) is 0. The molecule has 0 N–H and O–H groups in total. The molecule has 0 aromatic heterocycles. The highest BCUT2D eigenvalue weighted by Crippen LogP contribution is 2.39. The van der Waals surface area contributed by atoms with Gasteiger partial charge in [0, 0.05) is 24.8 Å². The molecule has 2 aromatic carbocycles. The molecule has 0 saturated carbocycles. The minimum atomic E-state index is -0.627. The number of hydrogen-bond donors (Lipinski definition) is 0. The highest BCUT2D eigenvalue weighted by Gasteiger charge is 2.49. The molecule has 2 aromatic rings. The number of ether oxygens (including phenoxy) is 4. The average molecular weight is 451 g/mol. The molecule has 162 valence electrons. The molecule has 30 heavy (non-hydrogen) atoms. The maximum atomic E-state index is 11.8. The first-order chi connectivity index (χ1) is 14.5. The van der Waals surface area contributed by atoms with Gasteiger partial charge in [-0.05, 0) is 17.7 Å². The van der Waals surface area contributed by atoms with Gasteiger partial charge in [-0.3, -0.25) is 4.79 Å². The molecule has 1 unspecified atom stereocenters. The first-order valence-electron chi connectivity index (χ1n) is 9.86. The number of carbonyl (C=O) groups excluding carboxylic acids is 1. The summed E-state index contributed by atoms with van der Waals surface area (Å²) in [5.74, 6) is -0.564. The predicted octanol–water partition coefficient (Wildman–Crippen LogP) is 4.87. The molecule has 6 atom stereocenters. The summed E-state index contributed by atoms with van der Waals surface area (Å²) in [4.78, 5) is 12.8. The van der Waals surface area contributed by atoms with E-state index < -0.39 is 29.3 Å². The fraction of sp³-hybridized carbons (Fsp3) is 0.435. The predicted molar refractivity (Wildman–Crippen MR) is 117 cm³/mol. The highest BCUT2D eigenvalue weighted by atomic mass is 35.5. The van der Waals surface area contributed by atoms with Crippen LogP contribution in [0.1, 0.15) is 19.4 Å². The van der Waals surface area contributed by atoms with Gasteiger partial charge in [-0.15, -0.1) is 23.4 Å². The fourth-order valence-corrected chi connectivity index (χ4v) is 4.94. The second kappa shape index (κ2) is 11.2. The third kappa shape index (κ3) is 5.99. The maximum Gasteiger partial charge on any atom is 0.303 e. The van der Waals surface area contributed by atoms with Gasteiger partial charge in [-0.25, -0.2) is 0 Å². The summed E-state index contributed by atoms with van der Waals surface area (Å²) >= 11 is 8.19. The molecule has 1 fully saturated rings. The lowest BCUT2D eigenvalue weighted by Gasteiger charge is -2.45. The summed E-state index contributed by atoms with van der Waals surface area (Å²) in [6.07, 6.45) is -2.16. The summed E-state index contributed by atoms with van der Waals surface area (Å²) in [6.45, 7) is 3.76. The van der Waals surface area contributed by atoms with Gasteiger partial charge < -0.3 is 18.9 Å². The SMILES string of the molecule is CO[C@H]1O[C@H](C(Cl)Sc2ccccc2)[C@H](OC(C)=O)[C@H](C)[C@H]1OCc1ccccc1. The van der Waals surface area contributed by atoms with Crippen molar-refractivity contribution in [1.82, 2.24) is 0 Å². The summed E-state index contributed by atoms with van der Waals surface area (Å²) in [7, 11) is 1.58. The van der Waals surface area contributed by atoms with Crippen molar-refractivity contribution < 1.29 is 23.7 Å². The van der Waals surface area contributed by atoms with Crippen LogP contribution in [0.25, 0.3) is 0 Å². The van der Waals surface area contributed by atoms with Gasteiger partial charge in [0.05, 0.1) is 6.61 Å². The van der Waals surface area contributed by atoms with E-state index in [-0.39, 0.29) is 11.9 Å². The quantitative estimate of drug-likeness (QED) is 0.325. The van der Waals surface area contributed by atoms with Crippen molar-refractivity contribution in [3.63, 3.8) is 0 Å². The van der Waals surface area contributed by atoms with Crippen LogP contribution in [-0.2, 0) is 30.3 Å². The van der Waals surface area contributed by atoms with E-state index >= 15 is 0 Å². The summed E-state index contributed by atoms with van der Waals surface area (Å²) in [6, 6.07) is 19.7. The molecule has 1 aliphatic heterocycles. The third-order valence-corrected chi connectivity index (χ3v) is 6.54. The Hall–Kier alpha value is -1.57. The van der Waals surface area contributed by atoms with Gasteiger partial charge in [-0.2, -0.15) is 0 Å². The second-order valence-electron chi connectivity index (χ2n) is 7.18. The minimum absolute atomic E-state index is 0.182. The number of methoxy groups -OCH3 is 1. The van der Waals surface area contributed by atoms with Crippen LogP contribution in [0, 0.1) is 5.92 Å². The number of halogens is 1. The Kier molecular flexibility index (Phi) is 8.60. The lowest BCUT2D eigenvalue weighted by atomic mass is 9.90. The van der Waals surface area contributed by atoms with Crippen molar-refractivity contribution in [3.8, 4) is 0 Å². The van der Waals surface area contributed by atoms with Gasteiger partial charge in [0.2, 0.25) is 0 Å². The lowest BCUT2D eigenvalue weighted by molar-refractivity contribution is -0.286.